The molecule has 12 rings (SSSR count). The zero-order valence-corrected chi connectivity index (χ0v) is 33.2. The Morgan fingerprint density at radius 1 is 0.328 bits per heavy atom. The van der Waals surface area contributed by atoms with Gasteiger partial charge < -0.3 is 13.9 Å². The van der Waals surface area contributed by atoms with Crippen molar-refractivity contribution in [2.45, 2.75) is 0 Å². The zero-order chi connectivity index (χ0) is 40.3. The summed E-state index contributed by atoms with van der Waals surface area (Å²) in [6.07, 6.45) is 0. The molecule has 61 heavy (non-hydrogen) atoms. The summed E-state index contributed by atoms with van der Waals surface area (Å²) in [5, 5.41) is 7.23. The van der Waals surface area contributed by atoms with Crippen molar-refractivity contribution in [3.05, 3.63) is 231 Å². The first kappa shape index (κ1) is 34.9. The van der Waals surface area contributed by atoms with Crippen LogP contribution in [-0.2, 0) is 0 Å². The smallest absolute Gasteiger partial charge is 0.137 e. The van der Waals surface area contributed by atoms with Crippen molar-refractivity contribution in [1.82, 2.24) is 4.57 Å². The van der Waals surface area contributed by atoms with Crippen LogP contribution in [0.1, 0.15) is 0 Å². The molecular weight excluding hydrogens is 741 g/mol. The van der Waals surface area contributed by atoms with Gasteiger partial charge in [-0.25, -0.2) is 0 Å². The van der Waals surface area contributed by atoms with Gasteiger partial charge in [-0.05, 0) is 111 Å². The molecule has 0 N–H and O–H groups in total. The number of rotatable bonds is 7. The third kappa shape index (κ3) is 5.90. The van der Waals surface area contributed by atoms with Crippen molar-refractivity contribution in [2.24, 2.45) is 0 Å². The first-order valence-electron chi connectivity index (χ1n) is 20.8. The average Bonchev–Trinajstić information content (AvgIpc) is 3.88. The Balaban J connectivity index is 0.928. The van der Waals surface area contributed by atoms with Crippen molar-refractivity contribution in [2.75, 3.05) is 4.90 Å². The highest BCUT2D eigenvalue weighted by molar-refractivity contribution is 6.16. The van der Waals surface area contributed by atoms with Crippen molar-refractivity contribution < 1.29 is 4.42 Å². The maximum atomic E-state index is 6.36. The normalized spacial score (nSPS) is 11.6. The summed E-state index contributed by atoms with van der Waals surface area (Å²) in [6, 6.07) is 82.9. The Labute approximate surface area is 353 Å². The minimum Gasteiger partial charge on any atom is -0.456 e. The molecule has 286 valence electrons. The first-order valence-corrected chi connectivity index (χ1v) is 20.8. The van der Waals surface area contributed by atoms with Crippen LogP contribution in [0.5, 0.6) is 0 Å². The van der Waals surface area contributed by atoms with Gasteiger partial charge in [0, 0.05) is 50.4 Å². The van der Waals surface area contributed by atoms with E-state index >= 15 is 0 Å². The predicted octanol–water partition coefficient (Wildman–Crippen LogP) is 16.3. The summed E-state index contributed by atoms with van der Waals surface area (Å²) in [7, 11) is 0. The highest BCUT2D eigenvalue weighted by Crippen LogP contribution is 2.42. The molecule has 0 amide bonds. The van der Waals surface area contributed by atoms with Gasteiger partial charge in [0.25, 0.3) is 0 Å². The van der Waals surface area contributed by atoms with E-state index in [9.17, 15) is 0 Å². The van der Waals surface area contributed by atoms with Crippen LogP contribution in [0.4, 0.5) is 17.1 Å². The predicted molar refractivity (Wildman–Crippen MR) is 257 cm³/mol. The van der Waals surface area contributed by atoms with Crippen molar-refractivity contribution >= 4 is 71.6 Å². The number of hydrogen-bond acceptors (Lipinski definition) is 2. The molecule has 0 radical (unpaired) electrons. The lowest BCUT2D eigenvalue weighted by molar-refractivity contribution is 0.668. The fourth-order valence-corrected chi connectivity index (χ4v) is 9.35. The SMILES string of the molecule is c1ccc(N(c2ccc(-c3ccc(-c4cccc5ccccc45)cc3)cc2)c2cccc(-c3cccc4c3c3ccccc3n4-c3ccc4c(c3)oc3ccccc34)c2)cc1. The second kappa shape index (κ2) is 14.3. The number of hydrogen-bond donors (Lipinski definition) is 0. The summed E-state index contributed by atoms with van der Waals surface area (Å²) in [5.41, 5.74) is 15.6. The van der Waals surface area contributed by atoms with Gasteiger partial charge in [-0.2, -0.15) is 0 Å². The van der Waals surface area contributed by atoms with Crippen LogP contribution >= 0.6 is 0 Å². The molecule has 10 aromatic carbocycles. The van der Waals surface area contributed by atoms with Crippen LogP contribution in [0.25, 0.3) is 93.6 Å². The summed E-state index contributed by atoms with van der Waals surface area (Å²) in [5.74, 6) is 0. The quantitative estimate of drug-likeness (QED) is 0.161. The van der Waals surface area contributed by atoms with Gasteiger partial charge in [-0.3, -0.25) is 0 Å². The fourth-order valence-electron chi connectivity index (χ4n) is 9.35. The van der Waals surface area contributed by atoms with Crippen LogP contribution in [0.3, 0.4) is 0 Å². The van der Waals surface area contributed by atoms with Crippen LogP contribution in [0.15, 0.2) is 235 Å². The minimum absolute atomic E-state index is 0.886. The molecule has 0 saturated heterocycles. The molecule has 2 aromatic heterocycles. The highest BCUT2D eigenvalue weighted by Gasteiger charge is 2.19. The highest BCUT2D eigenvalue weighted by atomic mass is 16.3. The lowest BCUT2D eigenvalue weighted by Gasteiger charge is -2.26. The molecule has 3 nitrogen and oxygen atoms in total. The second-order valence-corrected chi connectivity index (χ2v) is 15.7. The third-order valence-electron chi connectivity index (χ3n) is 12.2. The van der Waals surface area contributed by atoms with E-state index in [2.05, 4.69) is 228 Å². The molecule has 0 aliphatic carbocycles. The molecule has 3 heteroatoms. The molecule has 0 saturated carbocycles. The summed E-state index contributed by atoms with van der Waals surface area (Å²) < 4.78 is 8.73. The Morgan fingerprint density at radius 2 is 0.918 bits per heavy atom. The van der Waals surface area contributed by atoms with Gasteiger partial charge in [-0.1, -0.05) is 158 Å². The van der Waals surface area contributed by atoms with E-state index in [1.807, 2.05) is 12.1 Å². The molecule has 0 aliphatic rings. The van der Waals surface area contributed by atoms with E-state index < -0.39 is 0 Å². The molecular formula is C58H38N2O. The van der Waals surface area contributed by atoms with E-state index in [-0.39, 0.29) is 0 Å². The Hall–Kier alpha value is -8.14. The standard InChI is InChI=1S/C58H38N2O/c1-2-16-44(17-3-1)59(45-33-31-40(32-34-45)39-27-29-42(30-28-39)49-22-11-14-41-13-4-5-19-48(41)49)46-18-10-15-43(37-46)50-23-12-25-55-58(50)53-21-6-8-24-54(53)60(55)47-35-36-52-51-20-7-9-26-56(51)61-57(52)38-47/h1-38H. The van der Waals surface area contributed by atoms with E-state index in [1.165, 1.54) is 49.4 Å². The number of aromatic nitrogens is 1. The minimum atomic E-state index is 0.886. The van der Waals surface area contributed by atoms with Gasteiger partial charge in [0.05, 0.1) is 11.0 Å². The second-order valence-electron chi connectivity index (χ2n) is 15.7. The number of anilines is 3. The molecule has 0 fully saturated rings. The molecule has 0 bridgehead atoms. The number of benzene rings is 10. The van der Waals surface area contributed by atoms with E-state index in [0.29, 0.717) is 0 Å². The molecule has 0 atom stereocenters. The van der Waals surface area contributed by atoms with Crippen LogP contribution in [-0.4, -0.2) is 4.57 Å². The zero-order valence-electron chi connectivity index (χ0n) is 33.2. The van der Waals surface area contributed by atoms with Crippen LogP contribution < -0.4 is 4.90 Å². The van der Waals surface area contributed by atoms with Gasteiger partial charge in [0.15, 0.2) is 0 Å². The number of fused-ring (bicyclic) bond motifs is 7. The van der Waals surface area contributed by atoms with Gasteiger partial charge >= 0.3 is 0 Å². The molecule has 12 aromatic rings. The topological polar surface area (TPSA) is 21.3 Å². The van der Waals surface area contributed by atoms with Crippen LogP contribution in [0.2, 0.25) is 0 Å². The van der Waals surface area contributed by atoms with E-state index in [4.69, 9.17) is 4.42 Å². The summed E-state index contributed by atoms with van der Waals surface area (Å²) in [4.78, 5) is 2.35. The lowest BCUT2D eigenvalue weighted by atomic mass is 9.96. The summed E-state index contributed by atoms with van der Waals surface area (Å²) >= 11 is 0. The maximum Gasteiger partial charge on any atom is 0.137 e. The van der Waals surface area contributed by atoms with Gasteiger partial charge in [0.2, 0.25) is 0 Å². The molecule has 0 spiro atoms. The Morgan fingerprint density at radius 3 is 1.77 bits per heavy atom. The molecule has 2 heterocycles. The number of furan rings is 1. The van der Waals surface area contributed by atoms with Gasteiger partial charge in [-0.15, -0.1) is 0 Å². The summed E-state index contributed by atoms with van der Waals surface area (Å²) in [6.45, 7) is 0. The average molecular weight is 779 g/mol. The van der Waals surface area contributed by atoms with Crippen molar-refractivity contribution in [3.63, 3.8) is 0 Å². The van der Waals surface area contributed by atoms with Gasteiger partial charge in [0.1, 0.15) is 11.2 Å². The first-order chi connectivity index (χ1) is 30.2. The largest absolute Gasteiger partial charge is 0.456 e. The number of nitrogens with zero attached hydrogens (tertiary/aromatic N) is 2. The Bertz CT molecular complexity index is 3570. The lowest BCUT2D eigenvalue weighted by Crippen LogP contribution is -2.09. The Kier molecular flexibility index (Phi) is 8.17. The van der Waals surface area contributed by atoms with Crippen molar-refractivity contribution in [3.8, 4) is 39.1 Å². The molecule has 0 unspecified atom stereocenters. The fraction of sp³-hybridized carbons (Fsp3) is 0. The third-order valence-corrected chi connectivity index (χ3v) is 12.2. The molecule has 0 aliphatic heterocycles. The van der Waals surface area contributed by atoms with Crippen molar-refractivity contribution in [1.29, 1.82) is 0 Å². The number of para-hydroxylation sites is 3. The maximum absolute atomic E-state index is 6.36. The monoisotopic (exact) mass is 778 g/mol. The van der Waals surface area contributed by atoms with E-state index in [0.717, 1.165) is 61.3 Å². The van der Waals surface area contributed by atoms with E-state index in [1.54, 1.807) is 0 Å². The van der Waals surface area contributed by atoms with Crippen LogP contribution in [0, 0.1) is 0 Å².